The van der Waals surface area contributed by atoms with E-state index >= 15 is 0 Å². The van der Waals surface area contributed by atoms with E-state index in [1.54, 1.807) is 12.1 Å². The number of aliphatic imine (C=N–C) groups is 1. The number of anilines is 1. The first kappa shape index (κ1) is 18.9. The number of para-hydroxylation sites is 1. The van der Waals surface area contributed by atoms with Crippen molar-refractivity contribution in [2.75, 3.05) is 18.8 Å². The Hall–Kier alpha value is -2.84. The number of nitrogens with two attached hydrogens (primary N) is 2. The standard InChI is InChI=1S/C19H20F2N4O2/c20-14-7-12(19(27)5-2-6-24-10-19)8-15(21)17(14)25-9-11-3-1-4-13(16(11)22)18(23)26/h1,3-4,7-9,24,27H,2,5-6,10,22H2,(H2,23,26). The molecule has 6 nitrogen and oxygen atoms in total. The van der Waals surface area contributed by atoms with Gasteiger partial charge in [-0.2, -0.15) is 0 Å². The van der Waals surface area contributed by atoms with Crippen molar-refractivity contribution >= 4 is 23.5 Å². The molecule has 0 spiro atoms. The van der Waals surface area contributed by atoms with Crippen molar-refractivity contribution in [1.82, 2.24) is 5.32 Å². The zero-order valence-corrected chi connectivity index (χ0v) is 14.5. The normalized spacial score (nSPS) is 20.1. The van der Waals surface area contributed by atoms with E-state index < -0.39 is 28.8 Å². The Kier molecular flexibility index (Phi) is 5.20. The number of benzene rings is 2. The first-order chi connectivity index (χ1) is 12.8. The van der Waals surface area contributed by atoms with E-state index in [0.29, 0.717) is 18.4 Å². The summed E-state index contributed by atoms with van der Waals surface area (Å²) in [5.74, 6) is -2.51. The van der Waals surface area contributed by atoms with Crippen LogP contribution < -0.4 is 16.8 Å². The SMILES string of the molecule is NC(=O)c1cccc(C=Nc2c(F)cc(C3(O)CCCNC3)cc2F)c1N. The Labute approximate surface area is 154 Å². The van der Waals surface area contributed by atoms with E-state index in [4.69, 9.17) is 11.5 Å². The van der Waals surface area contributed by atoms with E-state index in [1.165, 1.54) is 12.3 Å². The number of amides is 1. The van der Waals surface area contributed by atoms with E-state index in [9.17, 15) is 18.7 Å². The number of nitrogens with zero attached hydrogens (tertiary/aromatic N) is 1. The van der Waals surface area contributed by atoms with Crippen LogP contribution in [0.15, 0.2) is 35.3 Å². The third kappa shape index (κ3) is 3.81. The Morgan fingerprint density at radius 2 is 2.00 bits per heavy atom. The van der Waals surface area contributed by atoms with Gasteiger partial charge in [0, 0.05) is 18.3 Å². The van der Waals surface area contributed by atoms with Crippen LogP contribution in [0.3, 0.4) is 0 Å². The van der Waals surface area contributed by atoms with Gasteiger partial charge in [0.15, 0.2) is 11.6 Å². The Morgan fingerprint density at radius 3 is 2.59 bits per heavy atom. The second-order valence-electron chi connectivity index (χ2n) is 6.53. The number of primary amides is 1. The summed E-state index contributed by atoms with van der Waals surface area (Å²) in [7, 11) is 0. The van der Waals surface area contributed by atoms with E-state index in [2.05, 4.69) is 10.3 Å². The number of hydrogen-bond acceptors (Lipinski definition) is 5. The lowest BCUT2D eigenvalue weighted by molar-refractivity contribution is 0.0118. The first-order valence-corrected chi connectivity index (χ1v) is 8.47. The minimum Gasteiger partial charge on any atom is -0.398 e. The predicted octanol–water partition coefficient (Wildman–Crippen LogP) is 1.97. The average Bonchev–Trinajstić information content (AvgIpc) is 2.62. The van der Waals surface area contributed by atoms with Crippen LogP contribution in [-0.4, -0.2) is 30.3 Å². The van der Waals surface area contributed by atoms with Gasteiger partial charge in [0.1, 0.15) is 11.3 Å². The van der Waals surface area contributed by atoms with E-state index in [0.717, 1.165) is 18.7 Å². The molecule has 2 aromatic rings. The second-order valence-corrected chi connectivity index (χ2v) is 6.53. The zero-order valence-electron chi connectivity index (χ0n) is 14.5. The van der Waals surface area contributed by atoms with Gasteiger partial charge < -0.3 is 21.9 Å². The van der Waals surface area contributed by atoms with Crippen LogP contribution >= 0.6 is 0 Å². The highest BCUT2D eigenvalue weighted by Crippen LogP contribution is 2.33. The van der Waals surface area contributed by atoms with Crippen molar-refractivity contribution < 1.29 is 18.7 Å². The Bertz CT molecular complexity index is 886. The lowest BCUT2D eigenvalue weighted by atomic mass is 9.86. The van der Waals surface area contributed by atoms with Crippen LogP contribution in [0.1, 0.15) is 34.3 Å². The number of nitrogens with one attached hydrogen (secondary N) is 1. The molecule has 1 fully saturated rings. The first-order valence-electron chi connectivity index (χ1n) is 8.47. The molecule has 142 valence electrons. The molecule has 1 saturated heterocycles. The molecule has 0 saturated carbocycles. The van der Waals surface area contributed by atoms with E-state index in [1.807, 2.05) is 0 Å². The van der Waals surface area contributed by atoms with Gasteiger partial charge in [-0.15, -0.1) is 0 Å². The van der Waals surface area contributed by atoms with Gasteiger partial charge in [-0.1, -0.05) is 12.1 Å². The maximum atomic E-state index is 14.5. The molecule has 2 aromatic carbocycles. The molecule has 27 heavy (non-hydrogen) atoms. The molecule has 1 aliphatic rings. The molecule has 1 amide bonds. The quantitative estimate of drug-likeness (QED) is 0.484. The number of carbonyl (C=O) groups is 1. The fourth-order valence-electron chi connectivity index (χ4n) is 3.14. The Balaban J connectivity index is 1.93. The molecule has 0 aliphatic carbocycles. The maximum Gasteiger partial charge on any atom is 0.250 e. The molecule has 0 aromatic heterocycles. The average molecular weight is 374 g/mol. The zero-order chi connectivity index (χ0) is 19.6. The van der Waals surface area contributed by atoms with Crippen LogP contribution in [-0.2, 0) is 5.60 Å². The molecule has 8 heteroatoms. The molecule has 0 radical (unpaired) electrons. The van der Waals surface area contributed by atoms with Gasteiger partial charge >= 0.3 is 0 Å². The van der Waals surface area contributed by atoms with Gasteiger partial charge in [-0.3, -0.25) is 4.79 Å². The number of rotatable bonds is 4. The van der Waals surface area contributed by atoms with Crippen LogP contribution in [0, 0.1) is 11.6 Å². The fraction of sp³-hybridized carbons (Fsp3) is 0.263. The summed E-state index contributed by atoms with van der Waals surface area (Å²) in [5, 5.41) is 13.6. The summed E-state index contributed by atoms with van der Waals surface area (Å²) < 4.78 is 28.9. The molecule has 1 unspecified atom stereocenters. The maximum absolute atomic E-state index is 14.5. The number of β-amino-alcohol motifs (C(OH)–C–C–N with tert-alkyl or cyclic N) is 1. The van der Waals surface area contributed by atoms with Gasteiger partial charge in [-0.05, 0) is 43.1 Å². The summed E-state index contributed by atoms with van der Waals surface area (Å²) >= 11 is 0. The molecule has 1 atom stereocenters. The van der Waals surface area contributed by atoms with Gasteiger partial charge in [-0.25, -0.2) is 13.8 Å². The molecule has 0 bridgehead atoms. The fourth-order valence-corrected chi connectivity index (χ4v) is 3.14. The summed E-state index contributed by atoms with van der Waals surface area (Å²) in [6.45, 7) is 0.979. The van der Waals surface area contributed by atoms with Crippen molar-refractivity contribution in [3.05, 3.63) is 58.7 Å². The van der Waals surface area contributed by atoms with E-state index in [-0.39, 0.29) is 23.4 Å². The van der Waals surface area contributed by atoms with Crippen molar-refractivity contribution in [1.29, 1.82) is 0 Å². The lowest BCUT2D eigenvalue weighted by Gasteiger charge is -2.33. The minimum absolute atomic E-state index is 0.0776. The van der Waals surface area contributed by atoms with Crippen molar-refractivity contribution in [2.45, 2.75) is 18.4 Å². The van der Waals surface area contributed by atoms with Crippen molar-refractivity contribution in [2.24, 2.45) is 10.7 Å². The molecule has 1 heterocycles. The third-order valence-corrected chi connectivity index (χ3v) is 4.65. The number of aliphatic hydroxyl groups is 1. The third-order valence-electron chi connectivity index (χ3n) is 4.65. The summed E-state index contributed by atoms with van der Waals surface area (Å²) in [6, 6.07) is 6.72. The van der Waals surface area contributed by atoms with Gasteiger partial charge in [0.2, 0.25) is 0 Å². The van der Waals surface area contributed by atoms with Gasteiger partial charge in [0.05, 0.1) is 11.3 Å². The van der Waals surface area contributed by atoms with Crippen LogP contribution in [0.4, 0.5) is 20.2 Å². The number of piperidine rings is 1. The molecular formula is C19H20F2N4O2. The summed E-state index contributed by atoms with van der Waals surface area (Å²) in [5.41, 5.74) is 9.90. The van der Waals surface area contributed by atoms with Crippen LogP contribution in [0.25, 0.3) is 0 Å². The molecule has 3 rings (SSSR count). The number of nitrogen functional groups attached to an aromatic ring is 1. The molecule has 6 N–H and O–H groups in total. The molecule has 1 aliphatic heterocycles. The summed E-state index contributed by atoms with van der Waals surface area (Å²) in [4.78, 5) is 15.2. The van der Waals surface area contributed by atoms with Gasteiger partial charge in [0.25, 0.3) is 5.91 Å². The van der Waals surface area contributed by atoms with Crippen LogP contribution in [0.2, 0.25) is 0 Å². The predicted molar refractivity (Wildman–Crippen MR) is 99.0 cm³/mol. The number of halogens is 2. The topological polar surface area (TPSA) is 114 Å². The highest BCUT2D eigenvalue weighted by atomic mass is 19.1. The highest BCUT2D eigenvalue weighted by Gasteiger charge is 2.32. The Morgan fingerprint density at radius 1 is 1.30 bits per heavy atom. The largest absolute Gasteiger partial charge is 0.398 e. The second kappa shape index (κ2) is 7.42. The smallest absolute Gasteiger partial charge is 0.250 e. The van der Waals surface area contributed by atoms with Crippen molar-refractivity contribution in [3.8, 4) is 0 Å². The number of hydrogen-bond donors (Lipinski definition) is 4. The van der Waals surface area contributed by atoms with Crippen molar-refractivity contribution in [3.63, 3.8) is 0 Å². The number of carbonyl (C=O) groups excluding carboxylic acids is 1. The lowest BCUT2D eigenvalue weighted by Crippen LogP contribution is -2.43. The summed E-state index contributed by atoms with van der Waals surface area (Å²) in [6.07, 6.45) is 2.28. The molecular weight excluding hydrogens is 354 g/mol. The minimum atomic E-state index is -1.32. The van der Waals surface area contributed by atoms with Crippen LogP contribution in [0.5, 0.6) is 0 Å². The highest BCUT2D eigenvalue weighted by molar-refractivity contribution is 6.02. The monoisotopic (exact) mass is 374 g/mol.